The number of para-hydroxylation sites is 1. The Morgan fingerprint density at radius 1 is 1.04 bits per heavy atom. The highest BCUT2D eigenvalue weighted by atomic mass is 32.1. The molecule has 2 N–H and O–H groups in total. The zero-order valence-corrected chi connectivity index (χ0v) is 26.5. The molecule has 2 saturated heterocycles. The van der Waals surface area contributed by atoms with E-state index in [0.29, 0.717) is 45.6 Å². The van der Waals surface area contributed by atoms with Crippen LogP contribution < -0.4 is 20.3 Å². The van der Waals surface area contributed by atoms with Crippen LogP contribution in [0.5, 0.6) is 11.5 Å². The predicted octanol–water partition coefficient (Wildman–Crippen LogP) is 6.45. The van der Waals surface area contributed by atoms with Crippen molar-refractivity contribution >= 4 is 56.5 Å². The molecule has 7 rings (SSSR count). The van der Waals surface area contributed by atoms with Gasteiger partial charge in [0.25, 0.3) is 5.91 Å². The van der Waals surface area contributed by atoms with E-state index in [1.54, 1.807) is 23.2 Å². The Bertz CT molecular complexity index is 1820. The molecular formula is C35H36N6O4S. The zero-order chi connectivity index (χ0) is 31.6. The van der Waals surface area contributed by atoms with Gasteiger partial charge in [-0.1, -0.05) is 24.3 Å². The van der Waals surface area contributed by atoms with Crippen molar-refractivity contribution in [3.05, 3.63) is 83.4 Å². The monoisotopic (exact) mass is 636 g/mol. The molecule has 0 spiro atoms. The molecule has 4 amide bonds. The molecule has 1 unspecified atom stereocenters. The fourth-order valence-corrected chi connectivity index (χ4v) is 7.49. The van der Waals surface area contributed by atoms with Gasteiger partial charge in [-0.25, -0.2) is 9.78 Å². The van der Waals surface area contributed by atoms with Crippen LogP contribution in [0.1, 0.15) is 40.9 Å². The molecule has 1 atom stereocenters. The number of carbonyl (C=O) groups is 3. The average molecular weight is 637 g/mol. The maximum absolute atomic E-state index is 13.7. The van der Waals surface area contributed by atoms with Gasteiger partial charge in [-0.2, -0.15) is 0 Å². The number of rotatable bonds is 8. The number of aromatic nitrogens is 1. The molecule has 46 heavy (non-hydrogen) atoms. The summed E-state index contributed by atoms with van der Waals surface area (Å²) in [4.78, 5) is 51.6. The van der Waals surface area contributed by atoms with Crippen LogP contribution in [0.15, 0.2) is 72.9 Å². The third-order valence-corrected chi connectivity index (χ3v) is 9.83. The quantitative estimate of drug-likeness (QED) is 0.215. The standard InChI is InChI=1S/C35H36N6O4S/c1-23-21-26(45-25-10-3-2-4-11-25)13-14-27(23)41-28-15-16-36-34-30(28)31(38-35(41)44)32(46-34)33(43)37-24-9-7-20-40(22-24)29(42)12-8-19-39-17-5-6-18-39/h2-4,8,10-16,21,24H,5-7,9,17-20,22H2,1H3,(H,37,43)(H,38,44). The Kier molecular flexibility index (Phi) is 8.42. The summed E-state index contributed by atoms with van der Waals surface area (Å²) in [6.45, 7) is 6.02. The van der Waals surface area contributed by atoms with Gasteiger partial charge >= 0.3 is 6.03 Å². The second-order valence-electron chi connectivity index (χ2n) is 12.0. The van der Waals surface area contributed by atoms with Crippen molar-refractivity contribution in [3.8, 4) is 11.5 Å². The molecule has 0 radical (unpaired) electrons. The largest absolute Gasteiger partial charge is 0.457 e. The molecule has 11 heteroatoms. The Hall–Kier alpha value is -4.74. The van der Waals surface area contributed by atoms with Gasteiger partial charge in [-0.05, 0) is 87.7 Å². The molecule has 10 nitrogen and oxygen atoms in total. The number of thiophene rings is 1. The minimum absolute atomic E-state index is 0.0220. The fourth-order valence-electron chi connectivity index (χ4n) is 6.47. The number of benzene rings is 2. The van der Waals surface area contributed by atoms with Crippen LogP contribution in [-0.4, -0.2) is 71.4 Å². The molecule has 0 saturated carbocycles. The van der Waals surface area contributed by atoms with Crippen molar-refractivity contribution < 1.29 is 19.1 Å². The summed E-state index contributed by atoms with van der Waals surface area (Å²) >= 11 is 1.26. The number of pyridine rings is 1. The fraction of sp³-hybridized carbons (Fsp3) is 0.314. The molecule has 0 bridgehead atoms. The summed E-state index contributed by atoms with van der Waals surface area (Å²) in [5.74, 6) is 1.10. The van der Waals surface area contributed by atoms with Crippen LogP contribution in [0.25, 0.3) is 10.2 Å². The first kappa shape index (κ1) is 29.9. The summed E-state index contributed by atoms with van der Waals surface area (Å²) in [5, 5.41) is 6.84. The Morgan fingerprint density at radius 3 is 2.67 bits per heavy atom. The summed E-state index contributed by atoms with van der Waals surface area (Å²) in [7, 11) is 0. The van der Waals surface area contributed by atoms with Gasteiger partial charge in [0.2, 0.25) is 5.91 Å². The second-order valence-corrected chi connectivity index (χ2v) is 13.0. The van der Waals surface area contributed by atoms with Crippen molar-refractivity contribution in [1.29, 1.82) is 0 Å². The van der Waals surface area contributed by atoms with Crippen LogP contribution in [0.2, 0.25) is 0 Å². The first-order chi connectivity index (χ1) is 22.4. The van der Waals surface area contributed by atoms with Gasteiger partial charge in [0.1, 0.15) is 21.2 Å². The van der Waals surface area contributed by atoms with E-state index in [-0.39, 0.29) is 23.9 Å². The predicted molar refractivity (Wildman–Crippen MR) is 180 cm³/mol. The molecule has 3 aliphatic rings. The number of amides is 4. The highest BCUT2D eigenvalue weighted by Gasteiger charge is 2.34. The topological polar surface area (TPSA) is 107 Å². The number of aryl methyl sites for hydroxylation is 1. The number of hydrogen-bond acceptors (Lipinski definition) is 7. The maximum Gasteiger partial charge on any atom is 0.331 e. The van der Waals surface area contributed by atoms with Crippen LogP contribution in [-0.2, 0) is 4.79 Å². The lowest BCUT2D eigenvalue weighted by atomic mass is 10.0. The van der Waals surface area contributed by atoms with Gasteiger partial charge in [0, 0.05) is 37.9 Å². The third-order valence-electron chi connectivity index (χ3n) is 8.73. The zero-order valence-electron chi connectivity index (χ0n) is 25.7. The van der Waals surface area contributed by atoms with Crippen LogP contribution in [0, 0.1) is 6.92 Å². The first-order valence-electron chi connectivity index (χ1n) is 15.8. The highest BCUT2D eigenvalue weighted by molar-refractivity contribution is 7.21. The summed E-state index contributed by atoms with van der Waals surface area (Å²) in [6, 6.07) is 16.4. The van der Waals surface area contributed by atoms with E-state index in [1.165, 1.54) is 24.2 Å². The van der Waals surface area contributed by atoms with Gasteiger partial charge in [-0.3, -0.25) is 19.4 Å². The minimum Gasteiger partial charge on any atom is -0.457 e. The van der Waals surface area contributed by atoms with Crippen molar-refractivity contribution in [3.63, 3.8) is 0 Å². The van der Waals surface area contributed by atoms with Gasteiger partial charge in [0.15, 0.2) is 0 Å². The van der Waals surface area contributed by atoms with E-state index in [0.717, 1.165) is 49.2 Å². The minimum atomic E-state index is -0.359. The van der Waals surface area contributed by atoms with Crippen LogP contribution in [0.3, 0.4) is 0 Å². The van der Waals surface area contributed by atoms with E-state index < -0.39 is 0 Å². The number of nitrogens with zero attached hydrogens (tertiary/aromatic N) is 4. The number of likely N-dealkylation sites (tertiary alicyclic amines) is 2. The number of hydrogen-bond donors (Lipinski definition) is 2. The number of ether oxygens (including phenoxy) is 1. The van der Waals surface area contributed by atoms with E-state index >= 15 is 0 Å². The number of anilines is 3. The van der Waals surface area contributed by atoms with Crippen LogP contribution >= 0.6 is 11.3 Å². The SMILES string of the molecule is Cc1cc(Oc2ccccc2)ccc1N1C(=O)Nc2c(C(=O)NC3CCCN(C(=O)C=CCN4CCCC4)C3)sc3nccc1c23. The molecule has 2 aromatic heterocycles. The van der Waals surface area contributed by atoms with Crippen molar-refractivity contribution in [1.82, 2.24) is 20.1 Å². The number of carbonyl (C=O) groups excluding carboxylic acids is 3. The lowest BCUT2D eigenvalue weighted by Gasteiger charge is -2.32. The molecule has 0 aliphatic carbocycles. The Labute approximate surface area is 271 Å². The lowest BCUT2D eigenvalue weighted by Crippen LogP contribution is -2.49. The van der Waals surface area contributed by atoms with E-state index in [2.05, 4.69) is 20.5 Å². The molecule has 3 aliphatic heterocycles. The van der Waals surface area contributed by atoms with Crippen LogP contribution in [0.4, 0.5) is 21.9 Å². The van der Waals surface area contributed by atoms with Gasteiger partial charge in [0.05, 0.1) is 22.4 Å². The Balaban J connectivity index is 1.08. The van der Waals surface area contributed by atoms with Crippen molar-refractivity contribution in [2.45, 2.75) is 38.6 Å². The third kappa shape index (κ3) is 6.08. The molecule has 2 fully saturated rings. The molecule has 2 aromatic carbocycles. The molecule has 5 heterocycles. The highest BCUT2D eigenvalue weighted by Crippen LogP contribution is 2.46. The Morgan fingerprint density at radius 2 is 1.87 bits per heavy atom. The average Bonchev–Trinajstić information content (AvgIpc) is 3.71. The first-order valence-corrected chi connectivity index (χ1v) is 16.6. The summed E-state index contributed by atoms with van der Waals surface area (Å²) in [5.41, 5.74) is 2.69. The normalized spacial score (nSPS) is 18.3. The number of urea groups is 1. The number of piperidine rings is 1. The smallest absolute Gasteiger partial charge is 0.331 e. The van der Waals surface area contributed by atoms with Gasteiger partial charge in [-0.15, -0.1) is 11.3 Å². The van der Waals surface area contributed by atoms with Gasteiger partial charge < -0.3 is 20.3 Å². The van der Waals surface area contributed by atoms with E-state index in [4.69, 9.17) is 4.74 Å². The molecular weight excluding hydrogens is 600 g/mol. The molecule has 4 aromatic rings. The second kappa shape index (κ2) is 12.9. The van der Waals surface area contributed by atoms with Crippen molar-refractivity contribution in [2.24, 2.45) is 0 Å². The lowest BCUT2D eigenvalue weighted by molar-refractivity contribution is -0.127. The maximum atomic E-state index is 13.7. The van der Waals surface area contributed by atoms with E-state index in [1.807, 2.05) is 66.4 Å². The summed E-state index contributed by atoms with van der Waals surface area (Å²) in [6.07, 6.45) is 9.29. The van der Waals surface area contributed by atoms with Crippen molar-refractivity contribution in [2.75, 3.05) is 42.9 Å². The molecule has 236 valence electrons. The van der Waals surface area contributed by atoms with E-state index in [9.17, 15) is 14.4 Å². The summed E-state index contributed by atoms with van der Waals surface area (Å²) < 4.78 is 5.99. The number of nitrogens with one attached hydrogen (secondary N) is 2.